The summed E-state index contributed by atoms with van der Waals surface area (Å²) in [6.07, 6.45) is 3.28. The highest BCUT2D eigenvalue weighted by atomic mass is 16.6. The molecule has 0 unspecified atom stereocenters. The van der Waals surface area contributed by atoms with Crippen LogP contribution in [0, 0.1) is 10.1 Å². The van der Waals surface area contributed by atoms with Gasteiger partial charge >= 0.3 is 0 Å². The largest absolute Gasteiger partial charge is 0.361 e. The first-order chi connectivity index (χ1) is 7.27. The van der Waals surface area contributed by atoms with Crippen LogP contribution in [0.15, 0.2) is 30.5 Å². The van der Waals surface area contributed by atoms with Gasteiger partial charge in [-0.25, -0.2) is 0 Å². The molecule has 0 fully saturated rings. The van der Waals surface area contributed by atoms with E-state index in [9.17, 15) is 10.1 Å². The van der Waals surface area contributed by atoms with Crippen LogP contribution in [0.1, 0.15) is 12.0 Å². The van der Waals surface area contributed by atoms with Gasteiger partial charge in [-0.15, -0.1) is 0 Å². The Morgan fingerprint density at radius 1 is 1.33 bits per heavy atom. The number of aromatic nitrogens is 1. The molecule has 0 saturated heterocycles. The Balaban J connectivity index is 2.11. The van der Waals surface area contributed by atoms with Crippen molar-refractivity contribution in [2.75, 3.05) is 6.54 Å². The molecule has 0 atom stereocenters. The van der Waals surface area contributed by atoms with Crippen molar-refractivity contribution in [2.24, 2.45) is 0 Å². The molecule has 78 valence electrons. The molecule has 2 rings (SSSR count). The molecule has 2 aromatic rings. The Hall–Kier alpha value is -1.84. The molecular weight excluding hydrogens is 192 g/mol. The number of aryl methyl sites for hydroxylation is 1. The highest BCUT2D eigenvalue weighted by Gasteiger charge is 2.04. The van der Waals surface area contributed by atoms with Crippen molar-refractivity contribution in [1.82, 2.24) is 4.98 Å². The normalized spacial score (nSPS) is 10.7. The van der Waals surface area contributed by atoms with Gasteiger partial charge in [0.25, 0.3) is 0 Å². The van der Waals surface area contributed by atoms with Gasteiger partial charge in [-0.3, -0.25) is 10.1 Å². The molecule has 4 nitrogen and oxygen atoms in total. The van der Waals surface area contributed by atoms with Crippen LogP contribution >= 0.6 is 0 Å². The minimum absolute atomic E-state index is 0.0412. The monoisotopic (exact) mass is 204 g/mol. The van der Waals surface area contributed by atoms with Crippen molar-refractivity contribution in [3.63, 3.8) is 0 Å². The number of H-pyrrole nitrogens is 1. The summed E-state index contributed by atoms with van der Waals surface area (Å²) >= 11 is 0. The molecule has 0 amide bonds. The van der Waals surface area contributed by atoms with E-state index < -0.39 is 0 Å². The minimum Gasteiger partial charge on any atom is -0.361 e. The van der Waals surface area contributed by atoms with E-state index in [2.05, 4.69) is 4.98 Å². The fourth-order valence-corrected chi connectivity index (χ4v) is 1.74. The van der Waals surface area contributed by atoms with E-state index in [4.69, 9.17) is 0 Å². The molecule has 0 saturated carbocycles. The second kappa shape index (κ2) is 4.13. The van der Waals surface area contributed by atoms with Crippen molar-refractivity contribution in [1.29, 1.82) is 0 Å². The number of para-hydroxylation sites is 1. The van der Waals surface area contributed by atoms with Crippen LogP contribution in [-0.2, 0) is 6.42 Å². The summed E-state index contributed by atoms with van der Waals surface area (Å²) < 4.78 is 0. The number of benzene rings is 1. The summed E-state index contributed by atoms with van der Waals surface area (Å²) in [4.78, 5) is 13.1. The van der Waals surface area contributed by atoms with E-state index in [1.54, 1.807) is 0 Å². The van der Waals surface area contributed by atoms with Gasteiger partial charge in [0, 0.05) is 28.4 Å². The van der Waals surface area contributed by atoms with Crippen LogP contribution in [0.3, 0.4) is 0 Å². The lowest BCUT2D eigenvalue weighted by molar-refractivity contribution is -0.480. The first-order valence-corrected chi connectivity index (χ1v) is 4.94. The van der Waals surface area contributed by atoms with Gasteiger partial charge in [0.15, 0.2) is 0 Å². The first-order valence-electron chi connectivity index (χ1n) is 4.94. The smallest absolute Gasteiger partial charge is 0.204 e. The number of fused-ring (bicyclic) bond motifs is 1. The second-order valence-corrected chi connectivity index (χ2v) is 3.52. The first kappa shape index (κ1) is 9.71. The van der Waals surface area contributed by atoms with Crippen molar-refractivity contribution in [3.05, 3.63) is 46.1 Å². The van der Waals surface area contributed by atoms with Crippen LogP contribution in [-0.4, -0.2) is 16.5 Å². The lowest BCUT2D eigenvalue weighted by Crippen LogP contribution is -2.01. The summed E-state index contributed by atoms with van der Waals surface area (Å²) in [5.41, 5.74) is 2.25. The Morgan fingerprint density at radius 3 is 2.93 bits per heavy atom. The molecular formula is C11H12N2O2. The van der Waals surface area contributed by atoms with Gasteiger partial charge in [-0.05, 0) is 18.1 Å². The minimum atomic E-state index is -0.269. The summed E-state index contributed by atoms with van der Waals surface area (Å²) in [5.74, 6) is 0. The third kappa shape index (κ3) is 2.15. The van der Waals surface area contributed by atoms with Crippen molar-refractivity contribution < 1.29 is 4.92 Å². The third-order valence-corrected chi connectivity index (χ3v) is 2.46. The van der Waals surface area contributed by atoms with Gasteiger partial charge in [-0.1, -0.05) is 18.2 Å². The lowest BCUT2D eigenvalue weighted by atomic mass is 10.1. The second-order valence-electron chi connectivity index (χ2n) is 3.52. The molecule has 1 aromatic carbocycles. The van der Waals surface area contributed by atoms with Gasteiger partial charge in [0.1, 0.15) is 0 Å². The van der Waals surface area contributed by atoms with Crippen molar-refractivity contribution >= 4 is 10.9 Å². The Bertz CT molecular complexity index is 476. The molecule has 0 spiro atoms. The number of nitro groups is 1. The zero-order chi connectivity index (χ0) is 10.7. The molecule has 1 aromatic heterocycles. The fraction of sp³-hybridized carbons (Fsp3) is 0.273. The van der Waals surface area contributed by atoms with E-state index in [-0.39, 0.29) is 11.5 Å². The number of hydrogen-bond donors (Lipinski definition) is 1. The predicted molar refractivity (Wildman–Crippen MR) is 58.5 cm³/mol. The molecule has 15 heavy (non-hydrogen) atoms. The maximum absolute atomic E-state index is 10.2. The van der Waals surface area contributed by atoms with Crippen LogP contribution in [0.5, 0.6) is 0 Å². The van der Waals surface area contributed by atoms with Gasteiger partial charge in [0.2, 0.25) is 6.54 Å². The SMILES string of the molecule is O=[N+]([O-])CCCc1c[nH]c2ccccc12. The van der Waals surface area contributed by atoms with Gasteiger partial charge < -0.3 is 4.98 Å². The topological polar surface area (TPSA) is 58.9 Å². The van der Waals surface area contributed by atoms with E-state index in [1.165, 1.54) is 5.39 Å². The number of hydrogen-bond acceptors (Lipinski definition) is 2. The average molecular weight is 204 g/mol. The van der Waals surface area contributed by atoms with E-state index in [1.807, 2.05) is 30.5 Å². The zero-order valence-corrected chi connectivity index (χ0v) is 8.27. The van der Waals surface area contributed by atoms with Gasteiger partial charge in [-0.2, -0.15) is 0 Å². The Labute approximate surface area is 87.1 Å². The third-order valence-electron chi connectivity index (χ3n) is 2.46. The molecule has 0 aliphatic heterocycles. The molecule has 1 N–H and O–H groups in total. The van der Waals surface area contributed by atoms with Crippen LogP contribution in [0.2, 0.25) is 0 Å². The zero-order valence-electron chi connectivity index (χ0n) is 8.27. The van der Waals surface area contributed by atoms with Gasteiger partial charge in [0.05, 0.1) is 0 Å². The Morgan fingerprint density at radius 2 is 2.13 bits per heavy atom. The van der Waals surface area contributed by atoms with E-state index in [0.717, 1.165) is 17.5 Å². The van der Waals surface area contributed by atoms with Crippen LogP contribution in [0.25, 0.3) is 10.9 Å². The summed E-state index contributed by atoms with van der Waals surface area (Å²) in [6.45, 7) is 0.0412. The highest BCUT2D eigenvalue weighted by molar-refractivity contribution is 5.82. The van der Waals surface area contributed by atoms with E-state index in [0.29, 0.717) is 6.42 Å². The quantitative estimate of drug-likeness (QED) is 0.614. The summed E-state index contributed by atoms with van der Waals surface area (Å²) in [6, 6.07) is 7.99. The number of rotatable bonds is 4. The molecule has 0 bridgehead atoms. The predicted octanol–water partition coefficient (Wildman–Crippen LogP) is 2.38. The van der Waals surface area contributed by atoms with Crippen LogP contribution < -0.4 is 0 Å². The highest BCUT2D eigenvalue weighted by Crippen LogP contribution is 2.18. The van der Waals surface area contributed by atoms with Crippen molar-refractivity contribution in [2.45, 2.75) is 12.8 Å². The Kier molecular flexibility index (Phi) is 2.67. The molecule has 1 heterocycles. The van der Waals surface area contributed by atoms with Crippen LogP contribution in [0.4, 0.5) is 0 Å². The molecule has 0 aliphatic carbocycles. The standard InChI is InChI=1S/C11H12N2O2/c14-13(15)7-3-4-9-8-12-11-6-2-1-5-10(9)11/h1-2,5-6,8,12H,3-4,7H2. The average Bonchev–Trinajstić information content (AvgIpc) is 2.62. The fourth-order valence-electron chi connectivity index (χ4n) is 1.74. The summed E-state index contributed by atoms with van der Waals surface area (Å²) in [5, 5.41) is 11.4. The molecule has 0 aliphatic rings. The number of nitrogens with one attached hydrogen (secondary N) is 1. The van der Waals surface area contributed by atoms with E-state index >= 15 is 0 Å². The molecule has 4 heteroatoms. The lowest BCUT2D eigenvalue weighted by Gasteiger charge is -1.95. The maximum Gasteiger partial charge on any atom is 0.204 e. The number of nitrogens with zero attached hydrogens (tertiary/aromatic N) is 1. The summed E-state index contributed by atoms with van der Waals surface area (Å²) in [7, 11) is 0. The molecule has 0 radical (unpaired) electrons. The maximum atomic E-state index is 10.2. The van der Waals surface area contributed by atoms with Crippen molar-refractivity contribution in [3.8, 4) is 0 Å². The number of aromatic amines is 1.